The molecule has 0 aliphatic rings. The molecule has 4 rings (SSSR count). The Morgan fingerprint density at radius 3 is 1.67 bits per heavy atom. The van der Waals surface area contributed by atoms with Gasteiger partial charge in [-0.25, -0.2) is 0 Å². The lowest BCUT2D eigenvalue weighted by Crippen LogP contribution is -2.01. The first-order valence-electron chi connectivity index (χ1n) is 7.37. The van der Waals surface area contributed by atoms with Crippen LogP contribution in [0.3, 0.4) is 0 Å². The van der Waals surface area contributed by atoms with E-state index in [0.29, 0.717) is 0 Å². The van der Waals surface area contributed by atoms with Gasteiger partial charge in [0.05, 0.1) is 5.92 Å². The summed E-state index contributed by atoms with van der Waals surface area (Å²) < 4.78 is 0. The lowest BCUT2D eigenvalue weighted by atomic mass is 9.98. The maximum Gasteiger partial charge on any atom is 0.0667 e. The van der Waals surface area contributed by atoms with Gasteiger partial charge in [0, 0.05) is 22.4 Å². The highest BCUT2D eigenvalue weighted by Gasteiger charge is 2.17. The van der Waals surface area contributed by atoms with Gasteiger partial charge in [0.25, 0.3) is 0 Å². The van der Waals surface area contributed by atoms with E-state index in [1.54, 1.807) is 0 Å². The monoisotopic (exact) mass is 273 g/mol. The molecule has 2 heterocycles. The second-order valence-corrected chi connectivity index (χ2v) is 5.37. The number of H-pyrrole nitrogens is 2. The minimum atomic E-state index is 0.986. The second kappa shape index (κ2) is 4.81. The molecular formula is C19H17N2. The fourth-order valence-electron chi connectivity index (χ4n) is 3.00. The average molecular weight is 273 g/mol. The van der Waals surface area contributed by atoms with Gasteiger partial charge < -0.3 is 9.97 Å². The van der Waals surface area contributed by atoms with Crippen molar-refractivity contribution >= 4 is 21.8 Å². The van der Waals surface area contributed by atoms with E-state index in [1.807, 2.05) is 0 Å². The van der Waals surface area contributed by atoms with Gasteiger partial charge >= 0.3 is 0 Å². The fraction of sp³-hybridized carbons (Fsp3) is 0.105. The number of benzene rings is 2. The number of nitrogens with one attached hydrogen (secondary N) is 2. The zero-order valence-electron chi connectivity index (χ0n) is 12.0. The van der Waals surface area contributed by atoms with Gasteiger partial charge in [-0.3, -0.25) is 0 Å². The molecule has 2 aromatic heterocycles. The quantitative estimate of drug-likeness (QED) is 0.524. The molecule has 21 heavy (non-hydrogen) atoms. The summed E-state index contributed by atoms with van der Waals surface area (Å²) >= 11 is 0. The number of aromatic nitrogens is 2. The molecule has 0 bridgehead atoms. The SMILES string of the molecule is CC[C](c1cc2ccccc2[nH]1)c1cc2ccccc2[nH]1. The molecule has 0 aliphatic carbocycles. The van der Waals surface area contributed by atoms with Crippen LogP contribution < -0.4 is 0 Å². The zero-order valence-corrected chi connectivity index (χ0v) is 12.0. The molecule has 0 spiro atoms. The molecule has 2 aromatic carbocycles. The highest BCUT2D eigenvalue weighted by Crippen LogP contribution is 2.30. The first-order chi connectivity index (χ1) is 10.3. The van der Waals surface area contributed by atoms with Gasteiger partial charge in [-0.05, 0) is 41.5 Å². The fourth-order valence-corrected chi connectivity index (χ4v) is 3.00. The predicted molar refractivity (Wildman–Crippen MR) is 88.3 cm³/mol. The molecule has 0 saturated carbocycles. The minimum absolute atomic E-state index is 0.986. The molecule has 0 aliphatic heterocycles. The number of hydrogen-bond donors (Lipinski definition) is 2. The molecular weight excluding hydrogens is 256 g/mol. The summed E-state index contributed by atoms with van der Waals surface area (Å²) in [6, 6.07) is 21.3. The van der Waals surface area contributed by atoms with Crippen molar-refractivity contribution < 1.29 is 0 Å². The molecule has 103 valence electrons. The van der Waals surface area contributed by atoms with Crippen LogP contribution in [0.5, 0.6) is 0 Å². The summed E-state index contributed by atoms with van der Waals surface area (Å²) in [6.07, 6.45) is 0.986. The van der Waals surface area contributed by atoms with E-state index in [1.165, 1.54) is 39.1 Å². The normalized spacial score (nSPS) is 11.7. The first-order valence-corrected chi connectivity index (χ1v) is 7.37. The number of hydrogen-bond acceptors (Lipinski definition) is 0. The van der Waals surface area contributed by atoms with Crippen LogP contribution in [0.25, 0.3) is 21.8 Å². The van der Waals surface area contributed by atoms with Crippen LogP contribution in [0.15, 0.2) is 60.7 Å². The summed E-state index contributed by atoms with van der Waals surface area (Å²) in [6.45, 7) is 2.20. The van der Waals surface area contributed by atoms with Crippen molar-refractivity contribution in [3.05, 3.63) is 78.0 Å². The number of aromatic amines is 2. The van der Waals surface area contributed by atoms with Crippen molar-refractivity contribution in [2.24, 2.45) is 0 Å². The summed E-state index contributed by atoms with van der Waals surface area (Å²) in [5.74, 6) is 1.32. The van der Waals surface area contributed by atoms with E-state index in [0.717, 1.165) is 6.42 Å². The highest BCUT2D eigenvalue weighted by atomic mass is 14.8. The van der Waals surface area contributed by atoms with Gasteiger partial charge in [-0.2, -0.15) is 0 Å². The van der Waals surface area contributed by atoms with Gasteiger partial charge in [0.1, 0.15) is 0 Å². The summed E-state index contributed by atoms with van der Waals surface area (Å²) in [4.78, 5) is 7.06. The molecule has 4 aromatic rings. The van der Waals surface area contributed by atoms with Crippen LogP contribution in [0.2, 0.25) is 0 Å². The second-order valence-electron chi connectivity index (χ2n) is 5.37. The van der Waals surface area contributed by atoms with Crippen LogP contribution in [-0.2, 0) is 0 Å². The van der Waals surface area contributed by atoms with E-state index in [-0.39, 0.29) is 0 Å². The standard InChI is InChI=1S/C19H17N2/c1-2-15(18-11-13-7-3-5-9-16(13)20-18)19-12-14-8-4-6-10-17(14)21-19/h3-12,20-21H,2H2,1H3. The molecule has 2 nitrogen and oxygen atoms in total. The maximum atomic E-state index is 3.53. The van der Waals surface area contributed by atoms with Crippen molar-refractivity contribution in [1.82, 2.24) is 9.97 Å². The van der Waals surface area contributed by atoms with E-state index >= 15 is 0 Å². The zero-order chi connectivity index (χ0) is 14.2. The van der Waals surface area contributed by atoms with Crippen LogP contribution in [0, 0.1) is 5.92 Å². The van der Waals surface area contributed by atoms with Crippen molar-refractivity contribution in [2.45, 2.75) is 13.3 Å². The van der Waals surface area contributed by atoms with Gasteiger partial charge in [-0.15, -0.1) is 0 Å². The van der Waals surface area contributed by atoms with Crippen molar-refractivity contribution in [2.75, 3.05) is 0 Å². The smallest absolute Gasteiger partial charge is 0.0667 e. The van der Waals surface area contributed by atoms with Crippen LogP contribution in [0.1, 0.15) is 24.7 Å². The molecule has 0 unspecified atom stereocenters. The Bertz CT molecular complexity index is 758. The lowest BCUT2D eigenvalue weighted by molar-refractivity contribution is 0.943. The topological polar surface area (TPSA) is 31.6 Å². The largest absolute Gasteiger partial charge is 0.358 e. The van der Waals surface area contributed by atoms with Crippen LogP contribution in [-0.4, -0.2) is 9.97 Å². The number of rotatable bonds is 3. The third-order valence-electron chi connectivity index (χ3n) is 4.06. The molecule has 0 atom stereocenters. The summed E-state index contributed by atoms with van der Waals surface area (Å²) in [5.41, 5.74) is 4.78. The van der Waals surface area contributed by atoms with E-state index in [2.05, 4.69) is 77.6 Å². The Kier molecular flexibility index (Phi) is 2.81. The number of para-hydroxylation sites is 2. The van der Waals surface area contributed by atoms with Crippen LogP contribution in [0.4, 0.5) is 0 Å². The van der Waals surface area contributed by atoms with E-state index in [9.17, 15) is 0 Å². The van der Waals surface area contributed by atoms with Crippen molar-refractivity contribution in [3.8, 4) is 0 Å². The Morgan fingerprint density at radius 2 is 1.24 bits per heavy atom. The molecule has 0 amide bonds. The van der Waals surface area contributed by atoms with Gasteiger partial charge in [0.15, 0.2) is 0 Å². The average Bonchev–Trinajstić information content (AvgIpc) is 3.11. The Labute approximate surface area is 123 Å². The maximum absolute atomic E-state index is 3.53. The summed E-state index contributed by atoms with van der Waals surface area (Å²) in [7, 11) is 0. The van der Waals surface area contributed by atoms with E-state index in [4.69, 9.17) is 0 Å². The van der Waals surface area contributed by atoms with Gasteiger partial charge in [0.2, 0.25) is 0 Å². The minimum Gasteiger partial charge on any atom is -0.358 e. The third kappa shape index (κ3) is 2.04. The number of fused-ring (bicyclic) bond motifs is 2. The molecule has 0 saturated heterocycles. The Hall–Kier alpha value is -2.48. The van der Waals surface area contributed by atoms with Crippen molar-refractivity contribution in [3.63, 3.8) is 0 Å². The summed E-state index contributed by atoms with van der Waals surface area (Å²) in [5, 5.41) is 2.52. The van der Waals surface area contributed by atoms with Crippen LogP contribution >= 0.6 is 0 Å². The molecule has 0 fully saturated rings. The van der Waals surface area contributed by atoms with Gasteiger partial charge in [-0.1, -0.05) is 43.3 Å². The van der Waals surface area contributed by atoms with Crippen molar-refractivity contribution in [1.29, 1.82) is 0 Å². The molecule has 2 heteroatoms. The molecule has 2 N–H and O–H groups in total. The van der Waals surface area contributed by atoms with E-state index < -0.39 is 0 Å². The Balaban J connectivity index is 1.83. The third-order valence-corrected chi connectivity index (χ3v) is 4.06. The lowest BCUT2D eigenvalue weighted by Gasteiger charge is -2.10. The molecule has 1 radical (unpaired) electrons. The highest BCUT2D eigenvalue weighted by molar-refractivity contribution is 5.83. The first kappa shape index (κ1) is 12.3. The predicted octanol–water partition coefficient (Wildman–Crippen LogP) is 5.03. The Morgan fingerprint density at radius 1 is 0.762 bits per heavy atom.